The van der Waals surface area contributed by atoms with Crippen molar-refractivity contribution in [1.82, 2.24) is 5.32 Å². The van der Waals surface area contributed by atoms with Gasteiger partial charge in [0.1, 0.15) is 6.04 Å². The highest BCUT2D eigenvalue weighted by atomic mass is 16.5. The largest absolute Gasteiger partial charge is 0.480 e. The maximum Gasteiger partial charge on any atom is 0.321 e. The highest BCUT2D eigenvalue weighted by Crippen LogP contribution is 2.13. The number of esters is 1. The third kappa shape index (κ3) is 24.0. The summed E-state index contributed by atoms with van der Waals surface area (Å²) in [6.07, 6.45) is 26.4. The molecule has 202 valence electrons. The van der Waals surface area contributed by atoms with Crippen LogP contribution in [0.25, 0.3) is 0 Å². The third-order valence-corrected chi connectivity index (χ3v) is 6.60. The molecule has 0 saturated carbocycles. The second kappa shape index (κ2) is 26.5. The van der Waals surface area contributed by atoms with E-state index in [4.69, 9.17) is 4.74 Å². The summed E-state index contributed by atoms with van der Waals surface area (Å²) in [5.74, 6) is -1.39. The molecule has 0 aromatic rings. The van der Waals surface area contributed by atoms with Crippen LogP contribution in [0.15, 0.2) is 0 Å². The molecule has 5 heteroatoms. The van der Waals surface area contributed by atoms with Crippen molar-refractivity contribution in [3.05, 3.63) is 0 Å². The molecule has 0 amide bonds. The molecule has 0 radical (unpaired) electrons. The molecule has 1 unspecified atom stereocenters. The summed E-state index contributed by atoms with van der Waals surface area (Å²) in [7, 11) is 0. The molecular weight excluding hydrogens is 426 g/mol. The van der Waals surface area contributed by atoms with Crippen molar-refractivity contribution < 1.29 is 19.4 Å². The van der Waals surface area contributed by atoms with E-state index in [-0.39, 0.29) is 6.42 Å². The number of ether oxygens (including phenoxy) is 1. The Balaban J connectivity index is 3.49. The van der Waals surface area contributed by atoms with Gasteiger partial charge in [0, 0.05) is 0 Å². The third-order valence-electron chi connectivity index (χ3n) is 6.60. The maximum atomic E-state index is 12.0. The highest BCUT2D eigenvalue weighted by Gasteiger charge is 2.21. The molecule has 0 aliphatic heterocycles. The Labute approximate surface area is 211 Å². The van der Waals surface area contributed by atoms with Gasteiger partial charge >= 0.3 is 11.9 Å². The van der Waals surface area contributed by atoms with Gasteiger partial charge < -0.3 is 15.2 Å². The molecule has 0 aromatic carbocycles. The van der Waals surface area contributed by atoms with Gasteiger partial charge in [-0.05, 0) is 19.4 Å². The zero-order chi connectivity index (χ0) is 25.1. The lowest BCUT2D eigenvalue weighted by Crippen LogP contribution is -2.39. The Kier molecular flexibility index (Phi) is 25.6. The van der Waals surface area contributed by atoms with Crippen LogP contribution in [0.5, 0.6) is 0 Å². The monoisotopic (exact) mass is 483 g/mol. The average Bonchev–Trinajstić information content (AvgIpc) is 2.82. The summed E-state index contributed by atoms with van der Waals surface area (Å²) >= 11 is 0. The Hall–Kier alpha value is -1.10. The van der Waals surface area contributed by atoms with Crippen LogP contribution in [0.1, 0.15) is 155 Å². The van der Waals surface area contributed by atoms with Gasteiger partial charge in [0.15, 0.2) is 0 Å². The molecule has 34 heavy (non-hydrogen) atoms. The molecule has 0 aliphatic rings. The Morgan fingerprint density at radius 2 is 1.00 bits per heavy atom. The van der Waals surface area contributed by atoms with Crippen LogP contribution in [0.3, 0.4) is 0 Å². The van der Waals surface area contributed by atoms with Crippen LogP contribution in [0, 0.1) is 0 Å². The fourth-order valence-corrected chi connectivity index (χ4v) is 4.31. The molecule has 0 aliphatic carbocycles. The molecular formula is C29H57NO4. The van der Waals surface area contributed by atoms with Gasteiger partial charge in [-0.1, -0.05) is 136 Å². The van der Waals surface area contributed by atoms with E-state index in [0.717, 1.165) is 25.7 Å². The molecule has 0 rings (SSSR count). The molecule has 2 N–H and O–H groups in total. The van der Waals surface area contributed by atoms with Gasteiger partial charge in [0.2, 0.25) is 0 Å². The van der Waals surface area contributed by atoms with E-state index in [1.54, 1.807) is 0 Å². The Morgan fingerprint density at radius 1 is 0.618 bits per heavy atom. The zero-order valence-electron chi connectivity index (χ0n) is 22.7. The molecule has 0 aromatic heterocycles. The van der Waals surface area contributed by atoms with Crippen LogP contribution in [-0.4, -0.2) is 36.2 Å². The van der Waals surface area contributed by atoms with Crippen molar-refractivity contribution in [3.63, 3.8) is 0 Å². The lowest BCUT2D eigenvalue weighted by atomic mass is 10.0. The number of hydrogen-bond acceptors (Lipinski definition) is 4. The number of carbonyl (C=O) groups is 2. The number of carboxylic acids is 1. The van der Waals surface area contributed by atoms with E-state index in [1.807, 2.05) is 0 Å². The standard InChI is InChI=1S/C29H57NO4/c1-3-5-7-9-11-12-13-14-15-16-17-18-19-21-23-25-34-28(31)26-27(29(32)33)30-24-22-20-10-8-6-4-2/h27,30H,3-26H2,1-2H3,(H,32,33). The number of unbranched alkanes of at least 4 members (excludes halogenated alkanes) is 19. The van der Waals surface area contributed by atoms with Gasteiger partial charge in [-0.25, -0.2) is 0 Å². The second-order valence-electron chi connectivity index (χ2n) is 9.99. The molecule has 0 bridgehead atoms. The number of rotatable bonds is 27. The Bertz CT molecular complexity index is 455. The average molecular weight is 484 g/mol. The van der Waals surface area contributed by atoms with Gasteiger partial charge in [0.25, 0.3) is 0 Å². The first-order chi connectivity index (χ1) is 16.6. The van der Waals surface area contributed by atoms with Gasteiger partial charge in [0.05, 0.1) is 13.0 Å². The lowest BCUT2D eigenvalue weighted by Gasteiger charge is -2.14. The molecule has 0 saturated heterocycles. The predicted molar refractivity (Wildman–Crippen MR) is 143 cm³/mol. The van der Waals surface area contributed by atoms with Gasteiger partial charge in [-0.3, -0.25) is 9.59 Å². The summed E-state index contributed by atoms with van der Waals surface area (Å²) in [6.45, 7) is 5.50. The first kappa shape index (κ1) is 32.9. The molecule has 1 atom stereocenters. The normalized spacial score (nSPS) is 12.1. The van der Waals surface area contributed by atoms with E-state index in [9.17, 15) is 14.7 Å². The van der Waals surface area contributed by atoms with Crippen LogP contribution in [0.2, 0.25) is 0 Å². The van der Waals surface area contributed by atoms with Crippen LogP contribution in [0.4, 0.5) is 0 Å². The van der Waals surface area contributed by atoms with E-state index >= 15 is 0 Å². The van der Waals surface area contributed by atoms with Crippen molar-refractivity contribution >= 4 is 11.9 Å². The molecule has 5 nitrogen and oxygen atoms in total. The topological polar surface area (TPSA) is 75.6 Å². The van der Waals surface area contributed by atoms with Gasteiger partial charge in [-0.15, -0.1) is 0 Å². The first-order valence-electron chi connectivity index (χ1n) is 14.7. The van der Waals surface area contributed by atoms with E-state index in [2.05, 4.69) is 19.2 Å². The molecule has 0 heterocycles. The van der Waals surface area contributed by atoms with Crippen molar-refractivity contribution in [2.75, 3.05) is 13.2 Å². The summed E-state index contributed by atoms with van der Waals surface area (Å²) in [5.41, 5.74) is 0. The van der Waals surface area contributed by atoms with Crippen molar-refractivity contribution in [3.8, 4) is 0 Å². The fourth-order valence-electron chi connectivity index (χ4n) is 4.31. The first-order valence-corrected chi connectivity index (χ1v) is 14.7. The van der Waals surface area contributed by atoms with E-state index in [1.165, 1.54) is 109 Å². The summed E-state index contributed by atoms with van der Waals surface area (Å²) < 4.78 is 5.27. The quantitative estimate of drug-likeness (QED) is 0.0909. The zero-order valence-corrected chi connectivity index (χ0v) is 22.7. The summed E-state index contributed by atoms with van der Waals surface area (Å²) in [6, 6.07) is -0.843. The number of carbonyl (C=O) groups excluding carboxylic acids is 1. The van der Waals surface area contributed by atoms with Crippen molar-refractivity contribution in [2.45, 2.75) is 161 Å². The van der Waals surface area contributed by atoms with Gasteiger partial charge in [-0.2, -0.15) is 0 Å². The summed E-state index contributed by atoms with van der Waals surface area (Å²) in [4.78, 5) is 23.4. The predicted octanol–water partition coefficient (Wildman–Crippen LogP) is 8.19. The SMILES string of the molecule is CCCCCCCCCCCCCCCCCOC(=O)CC(NCCCCCCCC)C(=O)O. The number of carboxylic acid groups (broad SMARTS) is 1. The van der Waals surface area contributed by atoms with Crippen LogP contribution >= 0.6 is 0 Å². The van der Waals surface area contributed by atoms with Crippen molar-refractivity contribution in [2.24, 2.45) is 0 Å². The molecule has 0 spiro atoms. The van der Waals surface area contributed by atoms with Crippen LogP contribution in [-0.2, 0) is 14.3 Å². The summed E-state index contributed by atoms with van der Waals surface area (Å²) in [5, 5.41) is 12.3. The minimum absolute atomic E-state index is 0.0933. The maximum absolute atomic E-state index is 12.0. The van der Waals surface area contributed by atoms with E-state index < -0.39 is 18.0 Å². The fraction of sp³-hybridized carbons (Fsp3) is 0.931. The second-order valence-corrected chi connectivity index (χ2v) is 9.99. The highest BCUT2D eigenvalue weighted by molar-refractivity contribution is 5.81. The number of nitrogens with one attached hydrogen (secondary N) is 1. The molecule has 0 fully saturated rings. The number of aliphatic carboxylic acids is 1. The van der Waals surface area contributed by atoms with E-state index in [0.29, 0.717) is 13.2 Å². The Morgan fingerprint density at radius 3 is 1.41 bits per heavy atom. The van der Waals surface area contributed by atoms with Crippen LogP contribution < -0.4 is 5.32 Å². The van der Waals surface area contributed by atoms with Crippen molar-refractivity contribution in [1.29, 1.82) is 0 Å². The minimum atomic E-state index is -0.977. The lowest BCUT2D eigenvalue weighted by molar-refractivity contribution is -0.149. The number of hydrogen-bond donors (Lipinski definition) is 2. The minimum Gasteiger partial charge on any atom is -0.480 e. The smallest absolute Gasteiger partial charge is 0.321 e.